The Hall–Kier alpha value is -3.48. The Bertz CT molecular complexity index is 1260. The second-order valence-electron chi connectivity index (χ2n) is 6.40. The molecule has 0 aliphatic heterocycles. The molecule has 0 unspecified atom stereocenters. The summed E-state index contributed by atoms with van der Waals surface area (Å²) in [6.07, 6.45) is 0. The molecule has 1 heterocycles. The van der Waals surface area contributed by atoms with Gasteiger partial charge in [-0.15, -0.1) is 0 Å². The maximum absolute atomic E-state index is 13.2. The Morgan fingerprint density at radius 2 is 1.27 bits per heavy atom. The van der Waals surface area contributed by atoms with Gasteiger partial charge in [-0.05, 0) is 60.7 Å². The molecular weight excluding hydrogens is 425 g/mol. The molecular formula is C22H15Cl2N3O3. The number of aromatic hydroxyl groups is 1. The molecule has 4 rings (SSSR count). The number of hydrogen-bond donors (Lipinski definition) is 2. The molecule has 3 aromatic carbocycles. The Morgan fingerprint density at radius 1 is 0.767 bits per heavy atom. The largest absolute Gasteiger partial charge is 0.493 e. The smallest absolute Gasteiger partial charge is 0.288 e. The minimum absolute atomic E-state index is 0.385. The average Bonchev–Trinajstić information content (AvgIpc) is 3.00. The van der Waals surface area contributed by atoms with Gasteiger partial charge >= 0.3 is 0 Å². The lowest BCUT2D eigenvalue weighted by Gasteiger charge is -2.12. The molecule has 8 heteroatoms. The van der Waals surface area contributed by atoms with E-state index in [1.165, 1.54) is 9.36 Å². The summed E-state index contributed by atoms with van der Waals surface area (Å²) in [4.78, 5) is 26.1. The standard InChI is InChI=1S/C22H15Cl2N3O3/c23-14-6-10-17(11-7-14)26-21(29)19(20(28)25-16-4-2-1-3-5-16)22(30)27(26)18-12-8-15(24)9-13-18/h1-13,29H,(H,25,28). The fourth-order valence-corrected chi connectivity index (χ4v) is 3.29. The highest BCUT2D eigenvalue weighted by Crippen LogP contribution is 2.25. The normalized spacial score (nSPS) is 10.7. The molecule has 0 bridgehead atoms. The molecule has 4 aromatic rings. The van der Waals surface area contributed by atoms with Crippen molar-refractivity contribution in [1.82, 2.24) is 9.36 Å². The summed E-state index contributed by atoms with van der Waals surface area (Å²) < 4.78 is 2.45. The van der Waals surface area contributed by atoms with Gasteiger partial charge in [0.05, 0.1) is 11.4 Å². The number of benzene rings is 3. The Kier molecular flexibility index (Phi) is 5.35. The number of nitrogens with zero attached hydrogens (tertiary/aromatic N) is 2. The van der Waals surface area contributed by atoms with Gasteiger partial charge < -0.3 is 10.4 Å². The predicted molar refractivity (Wildman–Crippen MR) is 117 cm³/mol. The maximum Gasteiger partial charge on any atom is 0.288 e. The first-order chi connectivity index (χ1) is 14.5. The number of halogens is 2. The van der Waals surface area contributed by atoms with E-state index in [0.717, 1.165) is 0 Å². The first-order valence-corrected chi connectivity index (χ1v) is 9.66. The summed E-state index contributed by atoms with van der Waals surface area (Å²) in [6.45, 7) is 0. The van der Waals surface area contributed by atoms with E-state index in [0.29, 0.717) is 27.1 Å². The van der Waals surface area contributed by atoms with Gasteiger partial charge in [0, 0.05) is 15.7 Å². The summed E-state index contributed by atoms with van der Waals surface area (Å²) in [5.74, 6) is -1.22. The van der Waals surface area contributed by atoms with Crippen LogP contribution in [-0.4, -0.2) is 20.4 Å². The number of carbonyl (C=O) groups excluding carboxylic acids is 1. The number of hydrogen-bond acceptors (Lipinski definition) is 3. The first kappa shape index (κ1) is 19.8. The molecule has 6 nitrogen and oxygen atoms in total. The van der Waals surface area contributed by atoms with E-state index < -0.39 is 17.3 Å². The number of anilines is 1. The summed E-state index contributed by atoms with van der Waals surface area (Å²) in [7, 11) is 0. The van der Waals surface area contributed by atoms with Crippen molar-refractivity contribution in [3.8, 4) is 17.3 Å². The molecule has 0 fully saturated rings. The lowest BCUT2D eigenvalue weighted by Crippen LogP contribution is -2.25. The summed E-state index contributed by atoms with van der Waals surface area (Å²) in [5.41, 5.74) is 0.302. The van der Waals surface area contributed by atoms with Crippen LogP contribution in [0.1, 0.15) is 10.4 Å². The molecule has 2 N–H and O–H groups in total. The molecule has 0 radical (unpaired) electrons. The highest BCUT2D eigenvalue weighted by atomic mass is 35.5. The van der Waals surface area contributed by atoms with Crippen molar-refractivity contribution in [3.63, 3.8) is 0 Å². The minimum atomic E-state index is -0.723. The van der Waals surface area contributed by atoms with Crippen LogP contribution in [0, 0.1) is 0 Å². The van der Waals surface area contributed by atoms with Crippen molar-refractivity contribution in [2.75, 3.05) is 5.32 Å². The van der Waals surface area contributed by atoms with Gasteiger partial charge in [-0.1, -0.05) is 41.4 Å². The zero-order chi connectivity index (χ0) is 21.3. The number of nitrogens with one attached hydrogen (secondary N) is 1. The van der Waals surface area contributed by atoms with Gasteiger partial charge in [0.25, 0.3) is 11.5 Å². The van der Waals surface area contributed by atoms with Crippen LogP contribution in [0.25, 0.3) is 11.4 Å². The average molecular weight is 440 g/mol. The molecule has 0 saturated heterocycles. The molecule has 0 aliphatic rings. The Morgan fingerprint density at radius 3 is 1.80 bits per heavy atom. The fraction of sp³-hybridized carbons (Fsp3) is 0. The van der Waals surface area contributed by atoms with Gasteiger partial charge in [-0.2, -0.15) is 0 Å². The zero-order valence-corrected chi connectivity index (χ0v) is 16.9. The van der Waals surface area contributed by atoms with Crippen molar-refractivity contribution < 1.29 is 9.90 Å². The van der Waals surface area contributed by atoms with E-state index in [2.05, 4.69) is 5.32 Å². The third kappa shape index (κ3) is 3.70. The van der Waals surface area contributed by atoms with Crippen LogP contribution < -0.4 is 10.9 Å². The first-order valence-electron chi connectivity index (χ1n) is 8.91. The van der Waals surface area contributed by atoms with Crippen LogP contribution in [0.5, 0.6) is 5.88 Å². The number of para-hydroxylation sites is 1. The Labute approximate surface area is 181 Å². The van der Waals surface area contributed by atoms with Crippen molar-refractivity contribution >= 4 is 34.8 Å². The van der Waals surface area contributed by atoms with E-state index >= 15 is 0 Å². The maximum atomic E-state index is 13.2. The molecule has 1 amide bonds. The van der Waals surface area contributed by atoms with E-state index in [4.69, 9.17) is 23.2 Å². The van der Waals surface area contributed by atoms with Crippen LogP contribution in [0.4, 0.5) is 5.69 Å². The third-order valence-electron chi connectivity index (χ3n) is 4.43. The second kappa shape index (κ2) is 8.10. The lowest BCUT2D eigenvalue weighted by atomic mass is 10.2. The summed E-state index contributed by atoms with van der Waals surface area (Å²) >= 11 is 11.9. The number of carbonyl (C=O) groups is 1. The van der Waals surface area contributed by atoms with Crippen molar-refractivity contribution in [2.24, 2.45) is 0 Å². The van der Waals surface area contributed by atoms with E-state index in [1.807, 2.05) is 0 Å². The topological polar surface area (TPSA) is 76.3 Å². The third-order valence-corrected chi connectivity index (χ3v) is 4.94. The SMILES string of the molecule is O=C(Nc1ccccc1)c1c(O)n(-c2ccc(Cl)cc2)n(-c2ccc(Cl)cc2)c1=O. The van der Waals surface area contributed by atoms with Gasteiger partial charge in [-0.25, -0.2) is 9.36 Å². The van der Waals surface area contributed by atoms with Crippen LogP contribution >= 0.6 is 23.2 Å². The molecule has 1 aromatic heterocycles. The highest BCUT2D eigenvalue weighted by Gasteiger charge is 2.27. The zero-order valence-electron chi connectivity index (χ0n) is 15.4. The highest BCUT2D eigenvalue weighted by molar-refractivity contribution is 6.30. The molecule has 0 saturated carbocycles. The minimum Gasteiger partial charge on any atom is -0.493 e. The van der Waals surface area contributed by atoms with Crippen molar-refractivity contribution in [1.29, 1.82) is 0 Å². The fourth-order valence-electron chi connectivity index (χ4n) is 3.04. The lowest BCUT2D eigenvalue weighted by molar-refractivity contribution is 0.102. The summed E-state index contributed by atoms with van der Waals surface area (Å²) in [5, 5.41) is 14.5. The van der Waals surface area contributed by atoms with Crippen LogP contribution in [0.3, 0.4) is 0 Å². The molecule has 0 aliphatic carbocycles. The molecule has 0 spiro atoms. The van der Waals surface area contributed by atoms with Crippen LogP contribution in [0.2, 0.25) is 10.0 Å². The van der Waals surface area contributed by atoms with Gasteiger partial charge in [0.2, 0.25) is 5.88 Å². The van der Waals surface area contributed by atoms with Gasteiger partial charge in [-0.3, -0.25) is 9.59 Å². The molecule has 150 valence electrons. The Balaban J connectivity index is 1.91. The predicted octanol–water partition coefficient (Wildman–Crippen LogP) is 4.89. The second-order valence-corrected chi connectivity index (χ2v) is 7.27. The van der Waals surface area contributed by atoms with Crippen molar-refractivity contribution in [2.45, 2.75) is 0 Å². The number of rotatable bonds is 4. The van der Waals surface area contributed by atoms with Crippen LogP contribution in [0.15, 0.2) is 83.7 Å². The number of aromatic nitrogens is 2. The number of amides is 1. The quantitative estimate of drug-likeness (QED) is 0.474. The molecule has 30 heavy (non-hydrogen) atoms. The van der Waals surface area contributed by atoms with Gasteiger partial charge in [0.15, 0.2) is 5.56 Å². The van der Waals surface area contributed by atoms with Crippen molar-refractivity contribution in [3.05, 3.63) is 105 Å². The molecule has 0 atom stereocenters. The summed E-state index contributed by atoms with van der Waals surface area (Å²) in [6, 6.07) is 21.6. The van der Waals surface area contributed by atoms with Gasteiger partial charge in [0.1, 0.15) is 0 Å². The van der Waals surface area contributed by atoms with E-state index in [9.17, 15) is 14.7 Å². The monoisotopic (exact) mass is 439 g/mol. The van der Waals surface area contributed by atoms with Crippen LogP contribution in [-0.2, 0) is 0 Å². The van der Waals surface area contributed by atoms with E-state index in [-0.39, 0.29) is 5.56 Å². The van der Waals surface area contributed by atoms with E-state index in [1.54, 1.807) is 78.9 Å².